The molecule has 2 aromatic carbocycles. The highest BCUT2D eigenvalue weighted by Gasteiger charge is 2.18. The Balaban J connectivity index is 2.31. The molecule has 0 radical (unpaired) electrons. The molecule has 2 aromatic rings. The van der Waals surface area contributed by atoms with Gasteiger partial charge in [-0.05, 0) is 42.0 Å². The third-order valence-corrected chi connectivity index (χ3v) is 5.29. The molecule has 10 heteroatoms. The minimum Gasteiger partial charge on any atom is -0.279 e. The van der Waals surface area contributed by atoms with Crippen LogP contribution in [0.3, 0.4) is 0 Å². The summed E-state index contributed by atoms with van der Waals surface area (Å²) in [7, 11) is -8.32. The van der Waals surface area contributed by atoms with Crippen molar-refractivity contribution < 1.29 is 21.2 Å². The highest BCUT2D eigenvalue weighted by atomic mass is 79.9. The van der Waals surface area contributed by atoms with Crippen LogP contribution in [0.4, 0.5) is 10.1 Å². The molecule has 0 spiro atoms. The van der Waals surface area contributed by atoms with Crippen molar-refractivity contribution in [1.82, 2.24) is 0 Å². The van der Waals surface area contributed by atoms with Gasteiger partial charge >= 0.3 is 0 Å². The Kier molecular flexibility index (Phi) is 5.43. The van der Waals surface area contributed by atoms with Gasteiger partial charge in [0.05, 0.1) is 11.1 Å². The largest absolute Gasteiger partial charge is 0.279 e. The molecule has 128 valence electrons. The lowest BCUT2D eigenvalue weighted by molar-refractivity contribution is 0.593. The van der Waals surface area contributed by atoms with E-state index in [2.05, 4.69) is 20.7 Å². The summed E-state index contributed by atoms with van der Waals surface area (Å²) in [6.07, 6.45) is 1.33. The molecule has 0 aliphatic heterocycles. The van der Waals surface area contributed by atoms with Crippen LogP contribution < -0.4 is 9.86 Å². The van der Waals surface area contributed by atoms with E-state index in [0.717, 1.165) is 22.0 Å². The van der Waals surface area contributed by atoms with Crippen LogP contribution in [-0.2, 0) is 20.0 Å². The lowest BCUT2D eigenvalue weighted by Crippen LogP contribution is -2.17. The van der Waals surface area contributed by atoms with Crippen molar-refractivity contribution in [3.05, 3.63) is 63.7 Å². The number of nitrogens with one attached hydrogen (secondary N) is 1. The number of hydrogen-bond donors (Lipinski definition) is 2. The molecular formula is C14H12BrFN2O4S2. The molecule has 0 aliphatic rings. The maximum absolute atomic E-state index is 13.2. The molecule has 0 bridgehead atoms. The Hall–Kier alpha value is -1.75. The highest BCUT2D eigenvalue weighted by molar-refractivity contribution is 9.10. The second-order valence-corrected chi connectivity index (χ2v) is 8.70. The summed E-state index contributed by atoms with van der Waals surface area (Å²) in [5, 5.41) is 5.84. The molecule has 0 amide bonds. The molecule has 3 N–H and O–H groups in total. The summed E-state index contributed by atoms with van der Waals surface area (Å²) in [6, 6.07) is 9.39. The first-order chi connectivity index (χ1) is 11.1. The van der Waals surface area contributed by atoms with Crippen molar-refractivity contribution in [3.8, 4) is 0 Å². The first kappa shape index (κ1) is 18.6. The Morgan fingerprint density at radius 1 is 1.04 bits per heavy atom. The smallest absolute Gasteiger partial charge is 0.255 e. The Labute approximate surface area is 147 Å². The molecule has 0 unspecified atom stereocenters. The number of benzene rings is 2. The molecular weight excluding hydrogens is 423 g/mol. The van der Waals surface area contributed by atoms with E-state index in [-0.39, 0.29) is 5.69 Å². The van der Waals surface area contributed by atoms with Crippen LogP contribution in [-0.4, -0.2) is 16.8 Å². The van der Waals surface area contributed by atoms with Gasteiger partial charge in [-0.2, -0.15) is 0 Å². The fourth-order valence-corrected chi connectivity index (χ4v) is 3.67. The molecule has 0 saturated heterocycles. The molecule has 0 aliphatic carbocycles. The summed E-state index contributed by atoms with van der Waals surface area (Å²) >= 11 is 3.26. The molecule has 24 heavy (non-hydrogen) atoms. The molecule has 0 fully saturated rings. The van der Waals surface area contributed by atoms with Gasteiger partial charge in [0, 0.05) is 4.47 Å². The van der Waals surface area contributed by atoms with Gasteiger partial charge < -0.3 is 0 Å². The van der Waals surface area contributed by atoms with E-state index in [1.807, 2.05) is 0 Å². The van der Waals surface area contributed by atoms with Crippen LogP contribution in [0.5, 0.6) is 0 Å². The monoisotopic (exact) mass is 434 g/mol. The number of hydrogen-bond acceptors (Lipinski definition) is 4. The minimum absolute atomic E-state index is 0.334. The van der Waals surface area contributed by atoms with Gasteiger partial charge in [0.15, 0.2) is 0 Å². The quantitative estimate of drug-likeness (QED) is 0.753. The fourth-order valence-electron chi connectivity index (χ4n) is 1.75. The first-order valence-corrected chi connectivity index (χ1v) is 10.2. The zero-order valence-corrected chi connectivity index (χ0v) is 15.2. The fraction of sp³-hybridized carbons (Fsp3) is 0. The molecule has 6 nitrogen and oxygen atoms in total. The van der Waals surface area contributed by atoms with E-state index in [4.69, 9.17) is 5.14 Å². The molecule has 0 aromatic heterocycles. The Morgan fingerprint density at radius 2 is 1.67 bits per heavy atom. The topological polar surface area (TPSA) is 106 Å². The zero-order chi connectivity index (χ0) is 18.0. The van der Waals surface area contributed by atoms with Gasteiger partial charge in [0.1, 0.15) is 10.7 Å². The van der Waals surface area contributed by atoms with Gasteiger partial charge in [-0.1, -0.05) is 28.1 Å². The summed E-state index contributed by atoms with van der Waals surface area (Å²) in [4.78, 5) is -0.650. The number of nitrogens with two attached hydrogens (primary N) is 1. The average Bonchev–Trinajstić information content (AvgIpc) is 2.47. The predicted octanol–water partition coefficient (Wildman–Crippen LogP) is 2.65. The number of sulfonamides is 2. The van der Waals surface area contributed by atoms with Gasteiger partial charge in [-0.3, -0.25) is 4.72 Å². The number of rotatable bonds is 5. The van der Waals surface area contributed by atoms with Crippen LogP contribution in [0.1, 0.15) is 5.56 Å². The summed E-state index contributed by atoms with van der Waals surface area (Å²) in [6.45, 7) is 0. The molecule has 2 rings (SSSR count). The molecule has 0 atom stereocenters. The van der Waals surface area contributed by atoms with E-state index in [1.165, 1.54) is 6.08 Å². The van der Waals surface area contributed by atoms with Crippen LogP contribution in [0.25, 0.3) is 6.08 Å². The van der Waals surface area contributed by atoms with Crippen molar-refractivity contribution in [2.24, 2.45) is 5.14 Å². The summed E-state index contributed by atoms with van der Waals surface area (Å²) < 4.78 is 63.1. The predicted molar refractivity (Wildman–Crippen MR) is 93.5 cm³/mol. The summed E-state index contributed by atoms with van der Waals surface area (Å²) in [5.41, 5.74) is 0.286. The van der Waals surface area contributed by atoms with Crippen molar-refractivity contribution in [3.63, 3.8) is 0 Å². The van der Waals surface area contributed by atoms with E-state index >= 15 is 0 Å². The van der Waals surface area contributed by atoms with E-state index in [9.17, 15) is 21.2 Å². The summed E-state index contributed by atoms with van der Waals surface area (Å²) in [5.74, 6) is -0.854. The van der Waals surface area contributed by atoms with Crippen LogP contribution in [0.2, 0.25) is 0 Å². The Morgan fingerprint density at radius 3 is 2.25 bits per heavy atom. The number of primary sulfonamides is 1. The second kappa shape index (κ2) is 7.01. The van der Waals surface area contributed by atoms with E-state index in [1.54, 1.807) is 24.3 Å². The zero-order valence-electron chi connectivity index (χ0n) is 12.0. The van der Waals surface area contributed by atoms with Crippen LogP contribution in [0.15, 0.2) is 57.2 Å². The van der Waals surface area contributed by atoms with Gasteiger partial charge in [-0.15, -0.1) is 0 Å². The molecule has 0 saturated carbocycles. The van der Waals surface area contributed by atoms with Crippen molar-refractivity contribution in [2.45, 2.75) is 4.90 Å². The van der Waals surface area contributed by atoms with Crippen LogP contribution >= 0.6 is 15.9 Å². The minimum atomic E-state index is -4.30. The van der Waals surface area contributed by atoms with Crippen molar-refractivity contribution in [1.29, 1.82) is 0 Å². The number of halogens is 2. The lowest BCUT2D eigenvalue weighted by Gasteiger charge is -2.09. The Bertz CT molecular complexity index is 988. The second-order valence-electron chi connectivity index (χ2n) is 4.69. The number of anilines is 1. The SMILES string of the molecule is NS(=O)(=O)c1cc(F)ccc1NS(=O)(=O)/C=C/c1ccc(Br)cc1. The molecule has 0 heterocycles. The van der Waals surface area contributed by atoms with E-state index < -0.39 is 30.8 Å². The maximum Gasteiger partial charge on any atom is 0.255 e. The third kappa shape index (κ3) is 5.13. The van der Waals surface area contributed by atoms with Gasteiger partial charge in [0.2, 0.25) is 10.0 Å². The standard InChI is InChI=1S/C14H12BrFN2O4S2/c15-11-3-1-10(2-4-11)7-8-23(19,20)18-13-6-5-12(16)9-14(13)24(17,21)22/h1-9,18H,(H2,17,21,22)/b8-7+. The van der Waals surface area contributed by atoms with Crippen LogP contribution in [0, 0.1) is 5.82 Å². The first-order valence-electron chi connectivity index (χ1n) is 6.36. The van der Waals surface area contributed by atoms with Crippen molar-refractivity contribution >= 4 is 47.7 Å². The lowest BCUT2D eigenvalue weighted by atomic mass is 10.2. The van der Waals surface area contributed by atoms with E-state index in [0.29, 0.717) is 11.6 Å². The maximum atomic E-state index is 13.2. The highest BCUT2D eigenvalue weighted by Crippen LogP contribution is 2.23. The average molecular weight is 435 g/mol. The normalized spacial score (nSPS) is 12.5. The van der Waals surface area contributed by atoms with Gasteiger partial charge in [-0.25, -0.2) is 26.4 Å². The van der Waals surface area contributed by atoms with Crippen molar-refractivity contribution in [2.75, 3.05) is 4.72 Å². The third-order valence-electron chi connectivity index (χ3n) is 2.81. The van der Waals surface area contributed by atoms with Gasteiger partial charge in [0.25, 0.3) is 10.0 Å².